The van der Waals surface area contributed by atoms with Gasteiger partial charge in [-0.1, -0.05) is 0 Å². The third kappa shape index (κ3) is 3.02. The molecule has 0 radical (unpaired) electrons. The quantitative estimate of drug-likeness (QED) is 0.451. The van der Waals surface area contributed by atoms with Crippen molar-refractivity contribution in [2.45, 2.75) is 38.7 Å². The first-order valence-corrected chi connectivity index (χ1v) is 9.46. The van der Waals surface area contributed by atoms with E-state index in [0.717, 1.165) is 4.90 Å². The summed E-state index contributed by atoms with van der Waals surface area (Å²) in [4.78, 5) is 26.0. The second-order valence-electron chi connectivity index (χ2n) is 7.08. The average molecular weight is 365 g/mol. The molecule has 0 saturated carbocycles. The van der Waals surface area contributed by atoms with Gasteiger partial charge in [0.2, 0.25) is 0 Å². The van der Waals surface area contributed by atoms with Gasteiger partial charge in [-0.3, -0.25) is 9.69 Å². The van der Waals surface area contributed by atoms with Crippen LogP contribution in [0.25, 0.3) is 6.08 Å². The molecule has 2 aliphatic rings. The van der Waals surface area contributed by atoms with Crippen LogP contribution in [-0.2, 0) is 24.2 Å². The Kier molecular flexibility index (Phi) is 3.90. The highest BCUT2D eigenvalue weighted by molar-refractivity contribution is 7.92. The molecule has 2 aliphatic heterocycles. The van der Waals surface area contributed by atoms with E-state index in [1.54, 1.807) is 32.9 Å². The molecule has 25 heavy (non-hydrogen) atoms. The summed E-state index contributed by atoms with van der Waals surface area (Å²) < 4.78 is 35.6. The summed E-state index contributed by atoms with van der Waals surface area (Å²) >= 11 is 0. The maximum atomic E-state index is 12.5. The molecule has 1 amide bonds. The van der Waals surface area contributed by atoms with E-state index in [9.17, 15) is 18.0 Å². The Morgan fingerprint density at radius 1 is 1.40 bits per heavy atom. The van der Waals surface area contributed by atoms with E-state index in [1.165, 1.54) is 19.3 Å². The van der Waals surface area contributed by atoms with E-state index >= 15 is 0 Å². The second-order valence-corrected chi connectivity index (χ2v) is 9.14. The minimum Gasteiger partial charge on any atom is -0.465 e. The molecular weight excluding hydrogens is 346 g/mol. The number of rotatable bonds is 2. The van der Waals surface area contributed by atoms with Crippen molar-refractivity contribution in [2.75, 3.05) is 5.75 Å². The smallest absolute Gasteiger partial charge is 0.355 e. The molecule has 0 aromatic carbocycles. The van der Waals surface area contributed by atoms with Crippen LogP contribution in [0.2, 0.25) is 0 Å². The number of carbonyl (C=O) groups excluding carboxylic acids is 2. The van der Waals surface area contributed by atoms with Gasteiger partial charge in [-0.25, -0.2) is 13.2 Å². The van der Waals surface area contributed by atoms with Gasteiger partial charge in [-0.05, 0) is 51.5 Å². The zero-order valence-electron chi connectivity index (χ0n) is 14.4. The Bertz CT molecular complexity index is 899. The number of fused-ring (bicyclic) bond motifs is 1. The van der Waals surface area contributed by atoms with Crippen LogP contribution in [0, 0.1) is 0 Å². The van der Waals surface area contributed by atoms with E-state index in [0.29, 0.717) is 11.3 Å². The lowest BCUT2D eigenvalue weighted by atomic mass is 10.0. The van der Waals surface area contributed by atoms with Crippen LogP contribution in [0.5, 0.6) is 0 Å². The summed E-state index contributed by atoms with van der Waals surface area (Å²) in [6.45, 7) is 6.64. The van der Waals surface area contributed by atoms with Crippen LogP contribution in [0.3, 0.4) is 0 Å². The number of hydrogen-bond donors (Lipinski definition) is 0. The highest BCUT2D eigenvalue weighted by Crippen LogP contribution is 2.41. The number of amides is 1. The molecule has 1 fully saturated rings. The summed E-state index contributed by atoms with van der Waals surface area (Å²) in [5, 5.41) is -1.18. The number of sulfone groups is 1. The monoisotopic (exact) mass is 365 g/mol. The molecular formula is C17H19NO6S. The molecule has 8 heteroatoms. The Morgan fingerprint density at radius 3 is 2.64 bits per heavy atom. The van der Waals surface area contributed by atoms with Gasteiger partial charge in [0.1, 0.15) is 17.1 Å². The SMILES string of the molecule is CC1=C(C(=O)OC(C)(C)C)N2C(=O)/C(=C/c3ccco3)C2S(=O)(=O)C1. The summed E-state index contributed by atoms with van der Waals surface area (Å²) in [5.41, 5.74) is -0.354. The summed E-state index contributed by atoms with van der Waals surface area (Å²) in [6, 6.07) is 3.26. The number of nitrogens with zero attached hydrogens (tertiary/aromatic N) is 1. The van der Waals surface area contributed by atoms with Crippen LogP contribution < -0.4 is 0 Å². The molecule has 1 aromatic heterocycles. The first-order chi connectivity index (χ1) is 11.5. The highest BCUT2D eigenvalue weighted by Gasteiger charge is 2.56. The number of esters is 1. The molecule has 0 bridgehead atoms. The summed E-state index contributed by atoms with van der Waals surface area (Å²) in [7, 11) is -3.64. The topological polar surface area (TPSA) is 93.9 Å². The van der Waals surface area contributed by atoms with Crippen LogP contribution in [0.4, 0.5) is 0 Å². The standard InChI is InChI=1S/C17H19NO6S/c1-10-9-25(21,22)15-12(8-11-6-5-7-23-11)14(19)18(15)13(10)16(20)24-17(2,3)4/h5-8,15H,9H2,1-4H3/b12-8-. The van der Waals surface area contributed by atoms with Gasteiger partial charge in [0.15, 0.2) is 15.2 Å². The minimum atomic E-state index is -3.64. The lowest BCUT2D eigenvalue weighted by molar-refractivity contribution is -0.155. The molecule has 1 atom stereocenters. The van der Waals surface area contributed by atoms with Crippen molar-refractivity contribution >= 4 is 27.8 Å². The van der Waals surface area contributed by atoms with E-state index < -0.39 is 32.7 Å². The molecule has 0 spiro atoms. The zero-order chi connectivity index (χ0) is 18.6. The van der Waals surface area contributed by atoms with Gasteiger partial charge in [0, 0.05) is 0 Å². The molecule has 1 unspecified atom stereocenters. The van der Waals surface area contributed by atoms with Gasteiger partial charge in [0.25, 0.3) is 5.91 Å². The molecule has 0 aliphatic carbocycles. The van der Waals surface area contributed by atoms with Crippen LogP contribution in [0.15, 0.2) is 39.7 Å². The lowest BCUT2D eigenvalue weighted by Gasteiger charge is -2.45. The van der Waals surface area contributed by atoms with E-state index in [2.05, 4.69) is 0 Å². The third-order valence-electron chi connectivity index (χ3n) is 3.80. The third-order valence-corrected chi connectivity index (χ3v) is 5.78. The van der Waals surface area contributed by atoms with Crippen molar-refractivity contribution in [3.63, 3.8) is 0 Å². The fourth-order valence-corrected chi connectivity index (χ4v) is 4.89. The lowest BCUT2D eigenvalue weighted by Crippen LogP contribution is -2.62. The Morgan fingerprint density at radius 2 is 2.08 bits per heavy atom. The van der Waals surface area contributed by atoms with Crippen LogP contribution in [0.1, 0.15) is 33.5 Å². The van der Waals surface area contributed by atoms with Crippen molar-refractivity contribution < 1.29 is 27.2 Å². The molecule has 3 rings (SSSR count). The highest BCUT2D eigenvalue weighted by atomic mass is 32.2. The Labute approximate surface area is 145 Å². The van der Waals surface area contributed by atoms with E-state index in [1.807, 2.05) is 0 Å². The number of furan rings is 1. The summed E-state index contributed by atoms with van der Waals surface area (Å²) in [6.07, 6.45) is 2.83. The number of carbonyl (C=O) groups is 2. The fourth-order valence-electron chi connectivity index (χ4n) is 2.91. The zero-order valence-corrected chi connectivity index (χ0v) is 15.2. The first-order valence-electron chi connectivity index (χ1n) is 7.74. The van der Waals surface area contributed by atoms with Crippen LogP contribution in [-0.4, -0.2) is 41.9 Å². The number of ether oxygens (including phenoxy) is 1. The van der Waals surface area contributed by atoms with Crippen LogP contribution >= 0.6 is 0 Å². The average Bonchev–Trinajstić information content (AvgIpc) is 2.94. The van der Waals surface area contributed by atoms with E-state index in [4.69, 9.17) is 9.15 Å². The van der Waals surface area contributed by atoms with Crippen molar-refractivity contribution in [3.05, 3.63) is 41.0 Å². The number of β-lactam (4-membered cyclic amide) rings is 1. The van der Waals surface area contributed by atoms with E-state index in [-0.39, 0.29) is 17.0 Å². The molecule has 1 saturated heterocycles. The molecule has 3 heterocycles. The predicted octanol–water partition coefficient (Wildman–Crippen LogP) is 1.88. The molecule has 1 aromatic rings. The van der Waals surface area contributed by atoms with Gasteiger partial charge in [0.05, 0.1) is 17.6 Å². The van der Waals surface area contributed by atoms with Crippen molar-refractivity contribution in [2.24, 2.45) is 0 Å². The van der Waals surface area contributed by atoms with Crippen molar-refractivity contribution in [1.29, 1.82) is 0 Å². The second kappa shape index (κ2) is 5.59. The van der Waals surface area contributed by atoms with Crippen molar-refractivity contribution in [1.82, 2.24) is 4.90 Å². The van der Waals surface area contributed by atoms with Gasteiger partial charge < -0.3 is 9.15 Å². The largest absolute Gasteiger partial charge is 0.465 e. The van der Waals surface area contributed by atoms with Crippen molar-refractivity contribution in [3.8, 4) is 0 Å². The summed E-state index contributed by atoms with van der Waals surface area (Å²) in [5.74, 6) is -1.16. The Balaban J connectivity index is 2.02. The number of hydrogen-bond acceptors (Lipinski definition) is 6. The molecule has 7 nitrogen and oxygen atoms in total. The van der Waals surface area contributed by atoms with Gasteiger partial charge >= 0.3 is 5.97 Å². The predicted molar refractivity (Wildman–Crippen MR) is 89.7 cm³/mol. The van der Waals surface area contributed by atoms with Gasteiger partial charge in [-0.15, -0.1) is 0 Å². The molecule has 134 valence electrons. The maximum absolute atomic E-state index is 12.5. The first kappa shape index (κ1) is 17.5. The normalized spacial score (nSPS) is 24.2. The maximum Gasteiger partial charge on any atom is 0.355 e. The molecule has 0 N–H and O–H groups in total. The fraction of sp³-hybridized carbons (Fsp3) is 0.412. The Hall–Kier alpha value is -2.35. The minimum absolute atomic E-state index is 0.0105. The van der Waals surface area contributed by atoms with Gasteiger partial charge in [-0.2, -0.15) is 0 Å².